The van der Waals surface area contributed by atoms with E-state index < -0.39 is 0 Å². The Morgan fingerprint density at radius 3 is 2.40 bits per heavy atom. The maximum Gasteiger partial charge on any atom is 0.332 e. The van der Waals surface area contributed by atoms with Crippen molar-refractivity contribution in [2.45, 2.75) is 39.8 Å². The molecule has 2 rings (SSSR count). The van der Waals surface area contributed by atoms with E-state index in [1.54, 1.807) is 7.05 Å². The first kappa shape index (κ1) is 14.4. The fourth-order valence-electron chi connectivity index (χ4n) is 2.19. The molecule has 7 heteroatoms. The molecule has 0 bridgehead atoms. The van der Waals surface area contributed by atoms with E-state index >= 15 is 0 Å². The number of aromatic nitrogens is 4. The van der Waals surface area contributed by atoms with Crippen molar-refractivity contribution in [1.29, 1.82) is 0 Å². The molecule has 1 N–H and O–H groups in total. The molecule has 0 aromatic carbocycles. The van der Waals surface area contributed by atoms with Crippen LogP contribution in [0.3, 0.4) is 0 Å². The molecule has 0 aliphatic rings. The van der Waals surface area contributed by atoms with Crippen LogP contribution in [-0.4, -0.2) is 24.7 Å². The van der Waals surface area contributed by atoms with Gasteiger partial charge in [-0.05, 0) is 20.3 Å². The number of hydrogen-bond acceptors (Lipinski definition) is 4. The summed E-state index contributed by atoms with van der Waals surface area (Å²) in [5.74, 6) is 0.634. The third-order valence-electron chi connectivity index (χ3n) is 3.65. The first-order valence-corrected chi connectivity index (χ1v) is 6.85. The molecule has 0 fully saturated rings. The van der Waals surface area contributed by atoms with Crippen LogP contribution in [0.5, 0.6) is 0 Å². The third kappa shape index (κ3) is 2.03. The van der Waals surface area contributed by atoms with Crippen LogP contribution in [0.1, 0.15) is 27.2 Å². The van der Waals surface area contributed by atoms with Crippen molar-refractivity contribution in [3.05, 3.63) is 20.8 Å². The summed E-state index contributed by atoms with van der Waals surface area (Å²) < 4.78 is 4.34. The zero-order chi connectivity index (χ0) is 15.0. The van der Waals surface area contributed by atoms with Crippen molar-refractivity contribution < 1.29 is 0 Å². The van der Waals surface area contributed by atoms with Crippen molar-refractivity contribution in [3.63, 3.8) is 0 Å². The third-order valence-corrected chi connectivity index (χ3v) is 3.65. The topological polar surface area (TPSA) is 73.8 Å². The lowest BCUT2D eigenvalue weighted by atomic mass is 10.3. The molecule has 0 aliphatic carbocycles. The van der Waals surface area contributed by atoms with E-state index in [9.17, 15) is 9.59 Å². The molecule has 0 aliphatic heterocycles. The van der Waals surface area contributed by atoms with E-state index in [4.69, 9.17) is 0 Å². The van der Waals surface area contributed by atoms with Gasteiger partial charge in [0.05, 0.1) is 0 Å². The lowest BCUT2D eigenvalue weighted by Gasteiger charge is -2.13. The van der Waals surface area contributed by atoms with Gasteiger partial charge in [-0.25, -0.2) is 4.79 Å². The standard InChI is InChI=1S/C13H21N5O2/c1-6-8(3)14-12-15-10-9(18(12)7-2)11(19)17(5)13(20)16(10)4/h8H,6-7H2,1-5H3,(H,14,15)/t8-/m1/s1. The minimum atomic E-state index is -0.363. The van der Waals surface area contributed by atoms with Crippen LogP contribution in [0.15, 0.2) is 9.59 Å². The van der Waals surface area contributed by atoms with Crippen LogP contribution < -0.4 is 16.6 Å². The predicted octanol–water partition coefficient (Wildman–Crippen LogP) is 0.664. The van der Waals surface area contributed by atoms with E-state index in [0.29, 0.717) is 23.7 Å². The van der Waals surface area contributed by atoms with E-state index in [0.717, 1.165) is 11.0 Å². The zero-order valence-electron chi connectivity index (χ0n) is 12.6. The Balaban J connectivity index is 2.81. The monoisotopic (exact) mass is 279 g/mol. The highest BCUT2D eigenvalue weighted by Gasteiger charge is 2.18. The van der Waals surface area contributed by atoms with Crippen molar-refractivity contribution >= 4 is 17.1 Å². The second kappa shape index (κ2) is 5.15. The Morgan fingerprint density at radius 2 is 1.85 bits per heavy atom. The molecule has 2 heterocycles. The number of nitrogens with one attached hydrogen (secondary N) is 1. The molecule has 0 radical (unpaired) electrons. The molecule has 2 aromatic rings. The SMILES string of the molecule is CC[C@@H](C)Nc1nc2c(c(=O)n(C)c(=O)n2C)n1CC. The maximum atomic E-state index is 12.3. The summed E-state index contributed by atoms with van der Waals surface area (Å²) in [4.78, 5) is 28.7. The van der Waals surface area contributed by atoms with Gasteiger partial charge in [0.1, 0.15) is 0 Å². The Hall–Kier alpha value is -2.05. The largest absolute Gasteiger partial charge is 0.353 e. The molecular formula is C13H21N5O2. The highest BCUT2D eigenvalue weighted by molar-refractivity contribution is 5.74. The van der Waals surface area contributed by atoms with Crippen LogP contribution in [-0.2, 0) is 20.6 Å². The first-order valence-electron chi connectivity index (χ1n) is 6.85. The highest BCUT2D eigenvalue weighted by atomic mass is 16.2. The summed E-state index contributed by atoms with van der Waals surface area (Å²) in [6.07, 6.45) is 0.948. The van der Waals surface area contributed by atoms with E-state index in [-0.39, 0.29) is 17.3 Å². The van der Waals surface area contributed by atoms with Gasteiger partial charge in [0, 0.05) is 26.7 Å². The summed E-state index contributed by atoms with van der Waals surface area (Å²) >= 11 is 0. The summed E-state index contributed by atoms with van der Waals surface area (Å²) in [6.45, 7) is 6.69. The Bertz CT molecular complexity index is 753. The lowest BCUT2D eigenvalue weighted by Crippen LogP contribution is -2.37. The quantitative estimate of drug-likeness (QED) is 0.892. The number of hydrogen-bond donors (Lipinski definition) is 1. The summed E-state index contributed by atoms with van der Waals surface area (Å²) in [5, 5.41) is 3.28. The van der Waals surface area contributed by atoms with Crippen LogP contribution in [0.2, 0.25) is 0 Å². The van der Waals surface area contributed by atoms with E-state index in [1.807, 2.05) is 11.5 Å². The number of aryl methyl sites for hydroxylation is 2. The van der Waals surface area contributed by atoms with E-state index in [2.05, 4.69) is 24.1 Å². The molecule has 20 heavy (non-hydrogen) atoms. The fourth-order valence-corrected chi connectivity index (χ4v) is 2.19. The number of rotatable bonds is 4. The van der Waals surface area contributed by atoms with Crippen molar-refractivity contribution in [2.24, 2.45) is 14.1 Å². The van der Waals surface area contributed by atoms with Gasteiger partial charge in [-0.3, -0.25) is 13.9 Å². The van der Waals surface area contributed by atoms with Gasteiger partial charge in [-0.15, -0.1) is 0 Å². The Kier molecular flexibility index (Phi) is 3.69. The van der Waals surface area contributed by atoms with Gasteiger partial charge in [0.2, 0.25) is 5.95 Å². The minimum Gasteiger partial charge on any atom is -0.353 e. The van der Waals surface area contributed by atoms with Crippen molar-refractivity contribution in [1.82, 2.24) is 18.7 Å². The highest BCUT2D eigenvalue weighted by Crippen LogP contribution is 2.16. The number of nitrogens with zero attached hydrogens (tertiary/aromatic N) is 4. The summed E-state index contributed by atoms with van der Waals surface area (Å²) in [7, 11) is 3.11. The molecule has 2 aromatic heterocycles. The van der Waals surface area contributed by atoms with Crippen molar-refractivity contribution in [2.75, 3.05) is 5.32 Å². The maximum absolute atomic E-state index is 12.3. The van der Waals surface area contributed by atoms with Crippen LogP contribution in [0.4, 0.5) is 5.95 Å². The zero-order valence-corrected chi connectivity index (χ0v) is 12.6. The molecule has 110 valence electrons. The number of fused-ring (bicyclic) bond motifs is 1. The van der Waals surface area contributed by atoms with Crippen LogP contribution in [0.25, 0.3) is 11.2 Å². The molecule has 0 saturated heterocycles. The van der Waals surface area contributed by atoms with Crippen LogP contribution in [0, 0.1) is 0 Å². The Morgan fingerprint density at radius 1 is 1.20 bits per heavy atom. The first-order chi connectivity index (χ1) is 9.42. The molecule has 7 nitrogen and oxygen atoms in total. The predicted molar refractivity (Wildman–Crippen MR) is 79.3 cm³/mol. The van der Waals surface area contributed by atoms with Gasteiger partial charge in [0.15, 0.2) is 11.2 Å². The number of imidazole rings is 1. The lowest BCUT2D eigenvalue weighted by molar-refractivity contribution is 0.697. The molecule has 0 saturated carbocycles. The Labute approximate surface area is 116 Å². The van der Waals surface area contributed by atoms with Gasteiger partial charge in [0.25, 0.3) is 5.56 Å². The molecule has 0 spiro atoms. The average Bonchev–Trinajstić information content (AvgIpc) is 2.80. The molecular weight excluding hydrogens is 258 g/mol. The molecule has 0 amide bonds. The van der Waals surface area contributed by atoms with Gasteiger partial charge >= 0.3 is 5.69 Å². The second-order valence-electron chi connectivity index (χ2n) is 5.01. The van der Waals surface area contributed by atoms with Gasteiger partial charge in [-0.2, -0.15) is 4.98 Å². The van der Waals surface area contributed by atoms with Crippen molar-refractivity contribution in [3.8, 4) is 0 Å². The second-order valence-corrected chi connectivity index (χ2v) is 5.01. The molecule has 0 unspecified atom stereocenters. The van der Waals surface area contributed by atoms with Gasteiger partial charge in [-0.1, -0.05) is 6.92 Å². The number of anilines is 1. The smallest absolute Gasteiger partial charge is 0.332 e. The average molecular weight is 279 g/mol. The van der Waals surface area contributed by atoms with Crippen LogP contribution >= 0.6 is 0 Å². The van der Waals surface area contributed by atoms with Gasteiger partial charge < -0.3 is 9.88 Å². The van der Waals surface area contributed by atoms with E-state index in [1.165, 1.54) is 11.6 Å². The molecule has 1 atom stereocenters. The fraction of sp³-hybridized carbons (Fsp3) is 0.615. The summed E-state index contributed by atoms with van der Waals surface area (Å²) in [5.41, 5.74) is 0.210. The summed E-state index contributed by atoms with van der Waals surface area (Å²) in [6, 6.07) is 0.248. The minimum absolute atomic E-state index is 0.248. The normalized spacial score (nSPS) is 12.8.